The molecule has 12 aromatic carbocycles. The summed E-state index contributed by atoms with van der Waals surface area (Å²) in [4.78, 5) is 46.8. The molecule has 17 aromatic rings. The van der Waals surface area contributed by atoms with Gasteiger partial charge in [0.15, 0.2) is 52.4 Å². The molecule has 17 rings (SSSR count). The standard InChI is InChI=1S/C83H49N13/c84-50-52-38-42-65(74(46-52)96-70-37-21-19-35-64(70)67-49-60(41-45-72(67)96)81-90-77(55-26-10-3-11-27-55)87-78(91-81)56-28-12-4-13-29-56)82-92-79(57-30-14-5-15-31-57)93-83(94-82)68-47-58(62-33-17-16-32-61(62)51-85)39-43-73(68)95-69-36-20-18-34-63(69)66-48-59(40-44-71(66)95)80-88-75(53-22-6-1-7-23-53)86-76(89-80)54-24-8-2-9-25-54/h1-49H. The van der Waals surface area contributed by atoms with Crippen LogP contribution in [0.1, 0.15) is 11.1 Å². The summed E-state index contributed by atoms with van der Waals surface area (Å²) in [6.45, 7) is 0. The number of aromatic nitrogens is 11. The van der Waals surface area contributed by atoms with Crippen LogP contribution in [0.3, 0.4) is 0 Å². The molecular formula is C83H49N13. The highest BCUT2D eigenvalue weighted by molar-refractivity contribution is 6.12. The van der Waals surface area contributed by atoms with Gasteiger partial charge in [0.2, 0.25) is 0 Å². The Morgan fingerprint density at radius 1 is 0.219 bits per heavy atom. The topological polar surface area (TPSA) is 173 Å². The van der Waals surface area contributed by atoms with Crippen molar-refractivity contribution in [2.24, 2.45) is 0 Å². The molecule has 13 heteroatoms. The van der Waals surface area contributed by atoms with Crippen molar-refractivity contribution in [2.45, 2.75) is 0 Å². The summed E-state index contributed by atoms with van der Waals surface area (Å²) in [5, 5.41) is 25.3. The van der Waals surface area contributed by atoms with Crippen LogP contribution in [-0.2, 0) is 0 Å². The van der Waals surface area contributed by atoms with Crippen LogP contribution in [-0.4, -0.2) is 54.0 Å². The van der Waals surface area contributed by atoms with E-state index in [1.54, 1.807) is 0 Å². The van der Waals surface area contributed by atoms with Gasteiger partial charge in [0.1, 0.15) is 0 Å². The maximum atomic E-state index is 10.8. The number of fused-ring (bicyclic) bond motifs is 6. The minimum Gasteiger partial charge on any atom is -0.309 e. The number of nitrogens with zero attached hydrogens (tertiary/aromatic N) is 13. The van der Waals surface area contributed by atoms with Gasteiger partial charge in [-0.15, -0.1) is 0 Å². The number of rotatable bonds is 12. The van der Waals surface area contributed by atoms with Gasteiger partial charge in [0, 0.05) is 71.6 Å². The molecule has 0 bridgehead atoms. The van der Waals surface area contributed by atoms with Gasteiger partial charge in [-0.2, -0.15) is 10.5 Å². The van der Waals surface area contributed by atoms with Crippen LogP contribution in [0, 0.1) is 22.7 Å². The molecule has 0 N–H and O–H groups in total. The van der Waals surface area contributed by atoms with Crippen LogP contribution in [0.25, 0.3) is 169 Å². The van der Waals surface area contributed by atoms with Gasteiger partial charge in [-0.3, -0.25) is 0 Å². The van der Waals surface area contributed by atoms with Crippen LogP contribution in [0.2, 0.25) is 0 Å². The Bertz CT molecular complexity index is 5860. The third-order valence-electron chi connectivity index (χ3n) is 17.4. The average molecular weight is 1230 g/mol. The molecule has 96 heavy (non-hydrogen) atoms. The van der Waals surface area contributed by atoms with E-state index >= 15 is 0 Å². The molecule has 0 amide bonds. The van der Waals surface area contributed by atoms with Gasteiger partial charge < -0.3 is 9.13 Å². The largest absolute Gasteiger partial charge is 0.309 e. The molecule has 5 heterocycles. The first kappa shape index (κ1) is 56.2. The monoisotopic (exact) mass is 1230 g/mol. The summed E-state index contributed by atoms with van der Waals surface area (Å²) in [6.07, 6.45) is 0. The van der Waals surface area contributed by atoms with Gasteiger partial charge in [-0.25, -0.2) is 44.9 Å². The van der Waals surface area contributed by atoms with E-state index in [-0.39, 0.29) is 0 Å². The molecule has 446 valence electrons. The molecule has 0 radical (unpaired) electrons. The Morgan fingerprint density at radius 2 is 0.573 bits per heavy atom. The molecule has 0 saturated carbocycles. The van der Waals surface area contributed by atoms with E-state index in [2.05, 4.69) is 100 Å². The van der Waals surface area contributed by atoms with Crippen LogP contribution < -0.4 is 0 Å². The van der Waals surface area contributed by atoms with E-state index in [0.717, 1.165) is 99.4 Å². The second kappa shape index (κ2) is 23.8. The van der Waals surface area contributed by atoms with Gasteiger partial charge in [-0.1, -0.05) is 212 Å². The first-order valence-corrected chi connectivity index (χ1v) is 31.3. The zero-order chi connectivity index (χ0) is 64.1. The van der Waals surface area contributed by atoms with Crippen molar-refractivity contribution in [1.29, 1.82) is 10.5 Å². The highest BCUT2D eigenvalue weighted by Gasteiger charge is 2.25. The highest BCUT2D eigenvalue weighted by Crippen LogP contribution is 2.43. The fourth-order valence-corrected chi connectivity index (χ4v) is 12.8. The summed E-state index contributed by atoms with van der Waals surface area (Å²) >= 11 is 0. The van der Waals surface area contributed by atoms with Gasteiger partial charge in [0.25, 0.3) is 0 Å². The molecule has 0 unspecified atom stereocenters. The summed E-state index contributed by atoms with van der Waals surface area (Å²) in [7, 11) is 0. The van der Waals surface area contributed by atoms with E-state index in [9.17, 15) is 10.5 Å². The second-order valence-corrected chi connectivity index (χ2v) is 23.2. The van der Waals surface area contributed by atoms with Crippen molar-refractivity contribution in [2.75, 3.05) is 0 Å². The van der Waals surface area contributed by atoms with Crippen LogP contribution in [0.15, 0.2) is 297 Å². The normalized spacial score (nSPS) is 11.3. The number of hydrogen-bond acceptors (Lipinski definition) is 11. The van der Waals surface area contributed by atoms with E-state index in [1.807, 2.05) is 218 Å². The quantitative estimate of drug-likeness (QED) is 0.114. The van der Waals surface area contributed by atoms with Crippen molar-refractivity contribution in [3.63, 3.8) is 0 Å². The molecule has 0 spiro atoms. The summed E-state index contributed by atoms with van der Waals surface area (Å²) in [6, 6.07) is 103. The SMILES string of the molecule is N#Cc1ccc(-c2nc(-c3ccccc3)nc(-c3cc(-c4ccccc4C#N)ccc3-n3c4ccccc4c4cc(-c5nc(-c6ccccc6)nc(-c6ccccc6)n5)ccc43)n2)c(-n2c3ccccc3c3cc(-c4nc(-c5ccccc5)nc(-c5ccccc5)n4)ccc32)c1. The van der Waals surface area contributed by atoms with Crippen LogP contribution >= 0.6 is 0 Å². The van der Waals surface area contributed by atoms with E-state index in [4.69, 9.17) is 44.9 Å². The minimum atomic E-state index is 0.371. The van der Waals surface area contributed by atoms with Crippen molar-refractivity contribution >= 4 is 43.6 Å². The second-order valence-electron chi connectivity index (χ2n) is 23.2. The predicted molar refractivity (Wildman–Crippen MR) is 379 cm³/mol. The molecule has 0 fully saturated rings. The molecule has 5 aromatic heterocycles. The van der Waals surface area contributed by atoms with Gasteiger partial charge >= 0.3 is 0 Å². The van der Waals surface area contributed by atoms with E-state index < -0.39 is 0 Å². The van der Waals surface area contributed by atoms with Crippen molar-refractivity contribution in [3.05, 3.63) is 308 Å². The maximum Gasteiger partial charge on any atom is 0.166 e. The van der Waals surface area contributed by atoms with Crippen LogP contribution in [0.5, 0.6) is 0 Å². The summed E-state index contributed by atoms with van der Waals surface area (Å²) < 4.78 is 4.45. The molecule has 0 aliphatic carbocycles. The Balaban J connectivity index is 0.872. The lowest BCUT2D eigenvalue weighted by Crippen LogP contribution is -2.06. The van der Waals surface area contributed by atoms with Crippen molar-refractivity contribution in [1.82, 2.24) is 54.0 Å². The summed E-state index contributed by atoms with van der Waals surface area (Å²) in [5.74, 6) is 4.52. The first-order chi connectivity index (χ1) is 47.5. The fraction of sp³-hybridized carbons (Fsp3) is 0. The van der Waals surface area contributed by atoms with Gasteiger partial charge in [0.05, 0.1) is 56.7 Å². The molecular weight excluding hydrogens is 1180 g/mol. The Labute approximate surface area is 550 Å². The third kappa shape index (κ3) is 10.1. The zero-order valence-electron chi connectivity index (χ0n) is 51.1. The Hall–Kier alpha value is -13.8. The predicted octanol–water partition coefficient (Wildman–Crippen LogP) is 18.8. The molecule has 0 aliphatic heterocycles. The van der Waals surface area contributed by atoms with Crippen LogP contribution in [0.4, 0.5) is 0 Å². The molecule has 0 saturated heterocycles. The average Bonchev–Trinajstić information content (AvgIpc) is 1.56. The highest BCUT2D eigenvalue weighted by atomic mass is 15.1. The molecule has 13 nitrogen and oxygen atoms in total. The van der Waals surface area contributed by atoms with Crippen molar-refractivity contribution < 1.29 is 0 Å². The smallest absolute Gasteiger partial charge is 0.166 e. The molecule has 0 atom stereocenters. The lowest BCUT2D eigenvalue weighted by atomic mass is 9.97. The maximum absolute atomic E-state index is 10.8. The number of nitriles is 2. The Kier molecular flexibility index (Phi) is 13.9. The van der Waals surface area contributed by atoms with E-state index in [1.165, 1.54) is 0 Å². The number of benzene rings is 12. The first-order valence-electron chi connectivity index (χ1n) is 31.3. The molecule has 0 aliphatic rings. The van der Waals surface area contributed by atoms with Gasteiger partial charge in [-0.05, 0) is 96.1 Å². The lowest BCUT2D eigenvalue weighted by molar-refractivity contribution is 1.06. The number of para-hydroxylation sites is 2. The summed E-state index contributed by atoms with van der Waals surface area (Å²) in [5.41, 5.74) is 14.8. The fourth-order valence-electron chi connectivity index (χ4n) is 12.8. The number of hydrogen-bond donors (Lipinski definition) is 0. The van der Waals surface area contributed by atoms with Crippen molar-refractivity contribution in [3.8, 4) is 137 Å². The Morgan fingerprint density at radius 3 is 1.02 bits per heavy atom. The minimum absolute atomic E-state index is 0.371. The third-order valence-corrected chi connectivity index (χ3v) is 17.4. The lowest BCUT2D eigenvalue weighted by Gasteiger charge is -2.18. The van der Waals surface area contributed by atoms with E-state index in [0.29, 0.717) is 80.4 Å². The zero-order valence-corrected chi connectivity index (χ0v) is 51.1.